The Balaban J connectivity index is 2.09. The molecule has 0 saturated carbocycles. The number of rotatable bonds is 2. The minimum absolute atomic E-state index is 0.391. The Morgan fingerprint density at radius 2 is 2.00 bits per heavy atom. The molecule has 1 aromatic carbocycles. The van der Waals surface area contributed by atoms with Gasteiger partial charge in [0.1, 0.15) is 4.21 Å². The highest BCUT2D eigenvalue weighted by Gasteiger charge is 2.32. The van der Waals surface area contributed by atoms with Crippen molar-refractivity contribution in [1.29, 1.82) is 0 Å². The van der Waals surface area contributed by atoms with Crippen molar-refractivity contribution in [3.05, 3.63) is 40.3 Å². The van der Waals surface area contributed by atoms with Gasteiger partial charge < -0.3 is 5.73 Å². The first-order chi connectivity index (χ1) is 9.39. The van der Waals surface area contributed by atoms with E-state index in [1.165, 1.54) is 15.6 Å². The van der Waals surface area contributed by atoms with Gasteiger partial charge in [0.15, 0.2) is 0 Å². The summed E-state index contributed by atoms with van der Waals surface area (Å²) in [6.45, 7) is 4.33. The van der Waals surface area contributed by atoms with E-state index in [-0.39, 0.29) is 0 Å². The summed E-state index contributed by atoms with van der Waals surface area (Å²) in [5.74, 6) is 0. The standard InChI is InChI=1S/C14H16N2O2S2/c1-9-7-11-5-6-16(13(11)8-12(9)15)20(17,18)14-4-3-10(2)19-14/h3-4,7-8H,5-6,15H2,1-2H3. The summed E-state index contributed by atoms with van der Waals surface area (Å²) in [5.41, 5.74) is 9.32. The predicted molar refractivity (Wildman–Crippen MR) is 82.9 cm³/mol. The summed E-state index contributed by atoms with van der Waals surface area (Å²) in [6, 6.07) is 7.26. The first kappa shape index (κ1) is 13.5. The first-order valence-electron chi connectivity index (χ1n) is 6.38. The summed E-state index contributed by atoms with van der Waals surface area (Å²) in [6.07, 6.45) is 0.736. The Labute approximate surface area is 122 Å². The van der Waals surface area contributed by atoms with Crippen LogP contribution in [0.4, 0.5) is 11.4 Å². The first-order valence-corrected chi connectivity index (χ1v) is 8.63. The predicted octanol–water partition coefficient (Wildman–Crippen LogP) is 2.70. The topological polar surface area (TPSA) is 63.4 Å². The van der Waals surface area contributed by atoms with Crippen molar-refractivity contribution in [2.45, 2.75) is 24.5 Å². The molecule has 1 aliphatic heterocycles. The van der Waals surface area contributed by atoms with Gasteiger partial charge in [-0.1, -0.05) is 6.07 Å². The van der Waals surface area contributed by atoms with Crippen LogP contribution in [0.25, 0.3) is 0 Å². The van der Waals surface area contributed by atoms with Crippen LogP contribution in [0.15, 0.2) is 28.5 Å². The second-order valence-electron chi connectivity index (χ2n) is 5.03. The minimum atomic E-state index is -3.46. The van der Waals surface area contributed by atoms with Gasteiger partial charge in [-0.15, -0.1) is 11.3 Å². The normalized spacial score (nSPS) is 14.6. The van der Waals surface area contributed by atoms with E-state index >= 15 is 0 Å². The van der Waals surface area contributed by atoms with Gasteiger partial charge in [-0.25, -0.2) is 8.42 Å². The maximum absolute atomic E-state index is 12.7. The van der Waals surface area contributed by atoms with Crippen molar-refractivity contribution < 1.29 is 8.42 Å². The molecule has 0 fully saturated rings. The molecule has 0 saturated heterocycles. The fourth-order valence-electron chi connectivity index (χ4n) is 2.46. The molecule has 2 heterocycles. The lowest BCUT2D eigenvalue weighted by atomic mass is 10.1. The molecule has 106 valence electrons. The highest BCUT2D eigenvalue weighted by molar-refractivity contribution is 7.94. The number of nitrogens with two attached hydrogens (primary N) is 1. The SMILES string of the molecule is Cc1ccc(S(=O)(=O)N2CCc3cc(C)c(N)cc32)s1. The van der Waals surface area contributed by atoms with Crippen molar-refractivity contribution in [1.82, 2.24) is 0 Å². The molecular weight excluding hydrogens is 292 g/mol. The van der Waals surface area contributed by atoms with Gasteiger partial charge in [0.05, 0.1) is 5.69 Å². The van der Waals surface area contributed by atoms with Gasteiger partial charge in [0.2, 0.25) is 0 Å². The molecule has 0 aliphatic carbocycles. The molecule has 0 atom stereocenters. The third-order valence-corrected chi connectivity index (χ3v) is 6.86. The Morgan fingerprint density at radius 1 is 1.25 bits per heavy atom. The number of nitrogen functional groups attached to an aromatic ring is 1. The second kappa shape index (κ2) is 4.49. The van der Waals surface area contributed by atoms with Gasteiger partial charge >= 0.3 is 0 Å². The summed E-state index contributed by atoms with van der Waals surface area (Å²) >= 11 is 1.30. The number of anilines is 2. The lowest BCUT2D eigenvalue weighted by molar-refractivity contribution is 0.594. The quantitative estimate of drug-likeness (QED) is 0.868. The van der Waals surface area contributed by atoms with Crippen LogP contribution in [-0.4, -0.2) is 15.0 Å². The lowest BCUT2D eigenvalue weighted by Crippen LogP contribution is -2.28. The highest BCUT2D eigenvalue weighted by Crippen LogP contribution is 2.37. The van der Waals surface area contributed by atoms with E-state index in [2.05, 4.69) is 0 Å². The van der Waals surface area contributed by atoms with Crippen LogP contribution in [0, 0.1) is 13.8 Å². The zero-order valence-corrected chi connectivity index (χ0v) is 13.0. The average molecular weight is 308 g/mol. The van der Waals surface area contributed by atoms with Crippen molar-refractivity contribution in [2.24, 2.45) is 0 Å². The zero-order chi connectivity index (χ0) is 14.5. The van der Waals surface area contributed by atoms with Crippen LogP contribution >= 0.6 is 11.3 Å². The largest absolute Gasteiger partial charge is 0.398 e. The molecule has 20 heavy (non-hydrogen) atoms. The summed E-state index contributed by atoms with van der Waals surface area (Å²) in [5, 5.41) is 0. The van der Waals surface area contributed by atoms with E-state index in [1.807, 2.05) is 26.0 Å². The van der Waals surface area contributed by atoms with Crippen molar-refractivity contribution in [3.63, 3.8) is 0 Å². The molecule has 0 bridgehead atoms. The van der Waals surface area contributed by atoms with Crippen LogP contribution in [0.5, 0.6) is 0 Å². The van der Waals surface area contributed by atoms with Crippen LogP contribution in [0.1, 0.15) is 16.0 Å². The summed E-state index contributed by atoms with van der Waals surface area (Å²) in [7, 11) is -3.46. The van der Waals surface area contributed by atoms with E-state index in [4.69, 9.17) is 5.73 Å². The van der Waals surface area contributed by atoms with E-state index < -0.39 is 10.0 Å². The maximum Gasteiger partial charge on any atom is 0.273 e. The number of benzene rings is 1. The molecule has 2 N–H and O–H groups in total. The van der Waals surface area contributed by atoms with E-state index in [0.717, 1.165) is 28.1 Å². The molecule has 0 radical (unpaired) electrons. The smallest absolute Gasteiger partial charge is 0.273 e. The van der Waals surface area contributed by atoms with E-state index in [0.29, 0.717) is 16.4 Å². The Bertz CT molecular complexity index is 778. The monoisotopic (exact) mass is 308 g/mol. The fourth-order valence-corrected chi connectivity index (χ4v) is 5.35. The number of hydrogen-bond acceptors (Lipinski definition) is 4. The highest BCUT2D eigenvalue weighted by atomic mass is 32.2. The number of sulfonamides is 1. The number of aryl methyl sites for hydroxylation is 2. The van der Waals surface area contributed by atoms with Gasteiger partial charge in [-0.3, -0.25) is 4.31 Å². The second-order valence-corrected chi connectivity index (χ2v) is 8.41. The average Bonchev–Trinajstić information content (AvgIpc) is 2.97. The van der Waals surface area contributed by atoms with Crippen LogP contribution < -0.4 is 10.0 Å². The molecule has 1 aromatic heterocycles. The fraction of sp³-hybridized carbons (Fsp3) is 0.286. The number of nitrogens with zero attached hydrogens (tertiary/aromatic N) is 1. The molecule has 2 aromatic rings. The molecule has 0 amide bonds. The zero-order valence-electron chi connectivity index (χ0n) is 11.4. The van der Waals surface area contributed by atoms with Crippen molar-refractivity contribution >= 4 is 32.7 Å². The third-order valence-electron chi connectivity index (χ3n) is 3.58. The van der Waals surface area contributed by atoms with Gasteiger partial charge in [-0.2, -0.15) is 0 Å². The molecule has 0 unspecified atom stereocenters. The molecule has 3 rings (SSSR count). The van der Waals surface area contributed by atoms with E-state index in [1.54, 1.807) is 12.1 Å². The minimum Gasteiger partial charge on any atom is -0.398 e. The Kier molecular flexibility index (Phi) is 3.02. The maximum atomic E-state index is 12.7. The number of thiophene rings is 1. The number of hydrogen-bond donors (Lipinski definition) is 1. The lowest BCUT2D eigenvalue weighted by Gasteiger charge is -2.19. The third kappa shape index (κ3) is 1.99. The number of fused-ring (bicyclic) bond motifs is 1. The van der Waals surface area contributed by atoms with Gasteiger partial charge in [-0.05, 0) is 49.6 Å². The van der Waals surface area contributed by atoms with Crippen molar-refractivity contribution in [2.75, 3.05) is 16.6 Å². The summed E-state index contributed by atoms with van der Waals surface area (Å²) in [4.78, 5) is 0.992. The molecule has 4 nitrogen and oxygen atoms in total. The summed E-state index contributed by atoms with van der Waals surface area (Å²) < 4.78 is 27.3. The molecule has 6 heteroatoms. The van der Waals surface area contributed by atoms with Crippen LogP contribution in [0.3, 0.4) is 0 Å². The van der Waals surface area contributed by atoms with Gasteiger partial charge in [0.25, 0.3) is 10.0 Å². The van der Waals surface area contributed by atoms with Gasteiger partial charge in [0, 0.05) is 17.1 Å². The molecule has 0 spiro atoms. The van der Waals surface area contributed by atoms with Crippen LogP contribution in [0.2, 0.25) is 0 Å². The van der Waals surface area contributed by atoms with E-state index in [9.17, 15) is 8.42 Å². The Hall–Kier alpha value is -1.53. The molecule has 1 aliphatic rings. The van der Waals surface area contributed by atoms with Crippen LogP contribution in [-0.2, 0) is 16.4 Å². The molecular formula is C14H16N2O2S2. The van der Waals surface area contributed by atoms with Crippen molar-refractivity contribution in [3.8, 4) is 0 Å². The Morgan fingerprint density at radius 3 is 2.65 bits per heavy atom.